The van der Waals surface area contributed by atoms with E-state index in [1.165, 1.54) is 31.1 Å². The molecule has 8 heteroatoms. The van der Waals surface area contributed by atoms with Gasteiger partial charge in [0, 0.05) is 115 Å². The molecule has 110 heavy (non-hydrogen) atoms. The molecule has 0 fully saturated rings. The standard InChI is InChI=1S/C102H91BN6S/c1-98(2,3)64-54-75(80-40-30-46-92(104-80)101(10,11)12)96(76(55-64)81-41-31-47-93(105-81)102(13,14)15)109-88-59-66(106-82-42-26-22-36-68(82)69-37-23-27-43-83(69)106)48-52-79(88)103-78-51-49-67(107-84-44-28-24-39-72(84)94-85(107)53-50-71-70-38-25-29-45-91(70)110-97(71)94)58-87(78)108(89-56-65(99(4,5)6)57-90(109)95(89)103)86-61-73(62-32-18-16-19-33-62)77(100(7,8)9)60-74(86)63-34-20-17-21-35-63/h16-61H,1-15H3/i22D,23D,26D,27D,36D,37D,42D,43D. The molecule has 0 unspecified atom stereocenters. The van der Waals surface area contributed by atoms with Crippen molar-refractivity contribution in [3.8, 4) is 56.1 Å². The first-order valence-electron chi connectivity index (χ1n) is 42.4. The van der Waals surface area contributed by atoms with Crippen LogP contribution in [-0.2, 0) is 27.1 Å². The minimum Gasteiger partial charge on any atom is -0.311 e. The van der Waals surface area contributed by atoms with Crippen molar-refractivity contribution in [2.75, 3.05) is 9.80 Å². The topological polar surface area (TPSA) is 42.1 Å². The molecule has 0 radical (unpaired) electrons. The predicted molar refractivity (Wildman–Crippen MR) is 473 cm³/mol. The highest BCUT2D eigenvalue weighted by molar-refractivity contribution is 7.26. The summed E-state index contributed by atoms with van der Waals surface area (Å²) in [7, 11) is 0. The number of nitrogens with zero attached hydrogens (tertiary/aromatic N) is 6. The number of pyridine rings is 2. The zero-order chi connectivity index (χ0) is 82.8. The molecule has 0 aliphatic carbocycles. The average Bonchev–Trinajstić information content (AvgIpc) is 0.910. The van der Waals surface area contributed by atoms with E-state index in [9.17, 15) is 11.0 Å². The van der Waals surface area contributed by atoms with Crippen molar-refractivity contribution in [3.05, 3.63) is 307 Å². The van der Waals surface area contributed by atoms with Gasteiger partial charge in [0.2, 0.25) is 0 Å². The lowest BCUT2D eigenvalue weighted by atomic mass is 9.33. The summed E-state index contributed by atoms with van der Waals surface area (Å²) in [5.74, 6) is 0. The normalized spacial score (nSPS) is 14.4. The van der Waals surface area contributed by atoms with Gasteiger partial charge in [-0.05, 0) is 181 Å². The summed E-state index contributed by atoms with van der Waals surface area (Å²) in [5, 5.41) is 4.82. The Morgan fingerprint density at radius 1 is 0.345 bits per heavy atom. The highest BCUT2D eigenvalue weighted by Gasteiger charge is 2.47. The Morgan fingerprint density at radius 2 is 0.845 bits per heavy atom. The van der Waals surface area contributed by atoms with Gasteiger partial charge in [-0.2, -0.15) is 0 Å². The maximum absolute atomic E-state index is 9.97. The van der Waals surface area contributed by atoms with E-state index < -0.39 is 53.8 Å². The maximum atomic E-state index is 9.97. The highest BCUT2D eigenvalue weighted by Crippen LogP contribution is 2.56. The van der Waals surface area contributed by atoms with Crippen LogP contribution in [0.2, 0.25) is 0 Å². The van der Waals surface area contributed by atoms with Gasteiger partial charge in [0.15, 0.2) is 0 Å². The van der Waals surface area contributed by atoms with Crippen molar-refractivity contribution in [3.63, 3.8) is 0 Å². The second kappa shape index (κ2) is 25.0. The molecule has 0 amide bonds. The molecule has 0 atom stereocenters. The number of hydrogen-bond acceptors (Lipinski definition) is 5. The molecule has 5 aromatic heterocycles. The molecule has 7 heterocycles. The summed E-state index contributed by atoms with van der Waals surface area (Å²) in [6, 6.07) is 80.8. The molecular weight excluding hydrogens is 1350 g/mol. The van der Waals surface area contributed by atoms with Crippen LogP contribution in [0, 0.1) is 0 Å². The summed E-state index contributed by atoms with van der Waals surface area (Å²) < 4.78 is 83.1. The van der Waals surface area contributed by atoms with Crippen LogP contribution in [0.15, 0.2) is 279 Å². The Bertz CT molecular complexity index is 6990. The number of thiophene rings is 1. The van der Waals surface area contributed by atoms with E-state index in [2.05, 4.69) is 343 Å². The Kier molecular flexibility index (Phi) is 13.7. The zero-order valence-electron chi connectivity index (χ0n) is 73.1. The maximum Gasteiger partial charge on any atom is 0.252 e. The Morgan fingerprint density at radius 3 is 1.41 bits per heavy atom. The van der Waals surface area contributed by atoms with Crippen LogP contribution in [0.25, 0.3) is 120 Å². The van der Waals surface area contributed by atoms with Gasteiger partial charge >= 0.3 is 0 Å². The molecular formula is C102H91BN6S. The van der Waals surface area contributed by atoms with Crippen molar-refractivity contribution < 1.29 is 11.0 Å². The molecule has 17 aromatic rings. The highest BCUT2D eigenvalue weighted by atomic mass is 32.1. The summed E-state index contributed by atoms with van der Waals surface area (Å²) in [5.41, 5.74) is 22.4. The van der Waals surface area contributed by atoms with Crippen LogP contribution in [-0.4, -0.2) is 25.8 Å². The van der Waals surface area contributed by atoms with E-state index >= 15 is 0 Å². The fourth-order valence-corrected chi connectivity index (χ4v) is 18.4. The fourth-order valence-electron chi connectivity index (χ4n) is 17.2. The van der Waals surface area contributed by atoms with Crippen LogP contribution in [0.4, 0.5) is 34.1 Å². The van der Waals surface area contributed by atoms with Gasteiger partial charge in [0.25, 0.3) is 6.71 Å². The lowest BCUT2D eigenvalue weighted by Crippen LogP contribution is -2.61. The van der Waals surface area contributed by atoms with Gasteiger partial charge in [0.05, 0.1) is 55.8 Å². The second-order valence-electron chi connectivity index (χ2n) is 35.2. The second-order valence-corrected chi connectivity index (χ2v) is 36.3. The van der Waals surface area contributed by atoms with E-state index in [4.69, 9.17) is 9.97 Å². The molecule has 2 aliphatic heterocycles. The summed E-state index contributed by atoms with van der Waals surface area (Å²) in [6.07, 6.45) is 0. The Labute approximate surface area is 662 Å². The van der Waals surface area contributed by atoms with E-state index in [1.54, 1.807) is 4.57 Å². The smallest absolute Gasteiger partial charge is 0.252 e. The van der Waals surface area contributed by atoms with Gasteiger partial charge in [-0.3, -0.25) is 9.97 Å². The van der Waals surface area contributed by atoms with Crippen molar-refractivity contribution >= 4 is 132 Å². The molecule has 0 saturated carbocycles. The van der Waals surface area contributed by atoms with Crippen LogP contribution in [0.5, 0.6) is 0 Å². The first-order chi connectivity index (χ1) is 56.1. The lowest BCUT2D eigenvalue weighted by molar-refractivity contribution is 0.569. The molecule has 19 rings (SSSR count). The lowest BCUT2D eigenvalue weighted by Gasteiger charge is -2.46. The molecule has 0 saturated heterocycles. The van der Waals surface area contributed by atoms with Crippen LogP contribution in [0.3, 0.4) is 0 Å². The number of rotatable bonds is 8. The first kappa shape index (κ1) is 60.3. The van der Waals surface area contributed by atoms with Crippen molar-refractivity contribution in [1.29, 1.82) is 0 Å². The minimum absolute atomic E-state index is 0.00116. The van der Waals surface area contributed by atoms with Crippen LogP contribution < -0.4 is 26.2 Å². The molecule has 0 N–H and O–H groups in total. The van der Waals surface area contributed by atoms with Gasteiger partial charge in [0.1, 0.15) is 0 Å². The number of anilines is 6. The van der Waals surface area contributed by atoms with Gasteiger partial charge < -0.3 is 18.9 Å². The van der Waals surface area contributed by atoms with E-state index in [0.717, 1.165) is 140 Å². The predicted octanol–water partition coefficient (Wildman–Crippen LogP) is 26.3. The molecule has 2 aliphatic rings. The van der Waals surface area contributed by atoms with Crippen molar-refractivity contribution in [2.24, 2.45) is 0 Å². The number of fused-ring (bicyclic) bond motifs is 14. The molecule has 0 bridgehead atoms. The molecule has 538 valence electrons. The quantitative estimate of drug-likeness (QED) is 0.142. The molecule has 0 spiro atoms. The van der Waals surface area contributed by atoms with Crippen LogP contribution >= 0.6 is 11.3 Å². The third-order valence-corrected chi connectivity index (χ3v) is 24.0. The fraction of sp³-hybridized carbons (Fsp3) is 0.196. The number of benzene rings is 12. The van der Waals surface area contributed by atoms with Gasteiger partial charge in [-0.1, -0.05) is 268 Å². The largest absolute Gasteiger partial charge is 0.311 e. The molecule has 6 nitrogen and oxygen atoms in total. The van der Waals surface area contributed by atoms with E-state index in [-0.39, 0.29) is 50.1 Å². The third kappa shape index (κ3) is 11.1. The SMILES string of the molecule is [2H]c1c([2H])c([2H])c2c(c1[2H])c1c([2H])c([2H])c([2H])c([2H])c1n2-c1ccc2c(c1)N(c1c(-c3cccc(C(C)(C)C)n3)cc(C(C)(C)C)cc1-c1cccc(C(C)(C)C)n1)c1cc(C(C)(C)C)cc3c1B2c1ccc(-n2c4ccccc4c4c5sc6ccccc6c5ccc42)cc1N3c1cc(-c2ccccc2)c(C(C)(C)C)cc1-c1ccccc1. The Hall–Kier alpha value is -11.6. The number of aromatic nitrogens is 4. The summed E-state index contributed by atoms with van der Waals surface area (Å²) >= 11 is 1.84. The monoisotopic (exact) mass is 1450 g/mol. The summed E-state index contributed by atoms with van der Waals surface area (Å²) in [4.78, 5) is 16.6. The first-order valence-corrected chi connectivity index (χ1v) is 39.2. The zero-order valence-corrected chi connectivity index (χ0v) is 65.9. The van der Waals surface area contributed by atoms with E-state index in [1.807, 2.05) is 17.4 Å². The van der Waals surface area contributed by atoms with Crippen LogP contribution in [0.1, 0.15) is 143 Å². The summed E-state index contributed by atoms with van der Waals surface area (Å²) in [6.45, 7) is 33.2. The number of para-hydroxylation sites is 3. The van der Waals surface area contributed by atoms with Gasteiger partial charge in [-0.15, -0.1) is 11.3 Å². The molecule has 12 aromatic carbocycles. The third-order valence-electron chi connectivity index (χ3n) is 22.8. The van der Waals surface area contributed by atoms with E-state index in [0.29, 0.717) is 5.69 Å². The van der Waals surface area contributed by atoms with Crippen molar-refractivity contribution in [1.82, 2.24) is 19.1 Å². The number of hydrogen-bond donors (Lipinski definition) is 0. The average molecular weight is 1450 g/mol. The van der Waals surface area contributed by atoms with Gasteiger partial charge in [-0.25, -0.2) is 0 Å². The minimum atomic E-state index is -0.545. The Balaban J connectivity index is 1.02. The van der Waals surface area contributed by atoms with Crippen molar-refractivity contribution in [2.45, 2.75) is 131 Å².